The number of esters is 1. The Labute approximate surface area is 249 Å². The van der Waals surface area contributed by atoms with Gasteiger partial charge in [-0.3, -0.25) is 4.98 Å². The minimum absolute atomic E-state index is 0.0274. The van der Waals surface area contributed by atoms with E-state index in [9.17, 15) is 14.7 Å². The Morgan fingerprint density at radius 3 is 2.12 bits per heavy atom. The van der Waals surface area contributed by atoms with Gasteiger partial charge in [-0.15, -0.1) is 0 Å². The molecule has 5 nitrogen and oxygen atoms in total. The second-order valence-corrected chi connectivity index (χ2v) is 10.9. The molecule has 1 N–H and O–H groups in total. The van der Waals surface area contributed by atoms with E-state index in [0.717, 1.165) is 48.6 Å². The second kappa shape index (κ2) is 19.4. The number of aromatic carboxylic acids is 1. The average molecular weight is 589 g/mol. The quantitative estimate of drug-likeness (QED) is 0.133. The molecule has 218 valence electrons. The summed E-state index contributed by atoms with van der Waals surface area (Å²) >= 11 is 11.7. The van der Waals surface area contributed by atoms with Crippen molar-refractivity contribution >= 4 is 46.0 Å². The van der Waals surface area contributed by atoms with Gasteiger partial charge in [0.2, 0.25) is 0 Å². The van der Waals surface area contributed by atoms with Crippen molar-refractivity contribution in [3.63, 3.8) is 0 Å². The minimum atomic E-state index is -1.09. The molecule has 0 aliphatic carbocycles. The maximum absolute atomic E-state index is 12.4. The standard InChI is InChI=1S/C24H38O4.C9H5Cl2N/c1-3-5-7-9-11-13-15-20-16-17-21(23(25)26)22(19-20)24(27)28-18-14-12-10-8-6-4-2;10-7-4-6-2-1-3-12-9(6)8(11)5-7/h16-17,19H,3-15,18H2,1-2H3,(H,25,26);1-5H. The van der Waals surface area contributed by atoms with Crippen molar-refractivity contribution < 1.29 is 19.4 Å². The molecule has 0 aliphatic heterocycles. The van der Waals surface area contributed by atoms with E-state index in [2.05, 4.69) is 18.8 Å². The number of hydrogen-bond acceptors (Lipinski definition) is 4. The Morgan fingerprint density at radius 1 is 0.800 bits per heavy atom. The molecule has 0 fully saturated rings. The highest BCUT2D eigenvalue weighted by molar-refractivity contribution is 6.38. The summed E-state index contributed by atoms with van der Waals surface area (Å²) in [5, 5.41) is 11.6. The zero-order valence-electron chi connectivity index (χ0n) is 23.9. The normalized spacial score (nSPS) is 10.7. The number of hydrogen-bond donors (Lipinski definition) is 1. The number of carbonyl (C=O) groups is 2. The van der Waals surface area contributed by atoms with Crippen molar-refractivity contribution in [2.75, 3.05) is 6.61 Å². The fourth-order valence-electron chi connectivity index (χ4n) is 4.45. The Kier molecular flexibility index (Phi) is 16.3. The third kappa shape index (κ3) is 12.3. The van der Waals surface area contributed by atoms with Gasteiger partial charge in [-0.1, -0.05) is 113 Å². The molecule has 0 saturated carbocycles. The number of ether oxygens (including phenoxy) is 1. The van der Waals surface area contributed by atoms with Gasteiger partial charge in [0.1, 0.15) is 0 Å². The van der Waals surface area contributed by atoms with Crippen LogP contribution in [-0.2, 0) is 11.2 Å². The van der Waals surface area contributed by atoms with Crippen LogP contribution in [0.2, 0.25) is 10.0 Å². The number of fused-ring (bicyclic) bond motifs is 1. The van der Waals surface area contributed by atoms with Gasteiger partial charge in [-0.25, -0.2) is 9.59 Å². The van der Waals surface area contributed by atoms with Crippen LogP contribution in [0, 0.1) is 0 Å². The third-order valence-corrected chi connectivity index (χ3v) is 7.21. The molecule has 3 aromatic rings. The van der Waals surface area contributed by atoms with Gasteiger partial charge >= 0.3 is 11.9 Å². The molecule has 0 amide bonds. The summed E-state index contributed by atoms with van der Waals surface area (Å²) in [5.41, 5.74) is 2.01. The Hall–Kier alpha value is -2.63. The molecule has 3 rings (SSSR count). The maximum atomic E-state index is 12.4. The van der Waals surface area contributed by atoms with E-state index in [1.54, 1.807) is 18.3 Å². The van der Waals surface area contributed by atoms with Crippen LogP contribution in [-0.4, -0.2) is 28.6 Å². The van der Waals surface area contributed by atoms with Crippen molar-refractivity contribution in [3.05, 3.63) is 75.4 Å². The second-order valence-electron chi connectivity index (χ2n) is 10.1. The fourth-order valence-corrected chi connectivity index (χ4v) is 5.01. The summed E-state index contributed by atoms with van der Waals surface area (Å²) in [6.45, 7) is 4.74. The molecule has 0 aliphatic rings. The topological polar surface area (TPSA) is 76.5 Å². The molecular weight excluding hydrogens is 545 g/mol. The van der Waals surface area contributed by atoms with Gasteiger partial charge in [0.15, 0.2) is 0 Å². The van der Waals surface area contributed by atoms with Crippen molar-refractivity contribution in [1.82, 2.24) is 4.98 Å². The fraction of sp³-hybridized carbons (Fsp3) is 0.485. The number of aryl methyl sites for hydroxylation is 1. The van der Waals surface area contributed by atoms with E-state index in [0.29, 0.717) is 16.7 Å². The Bertz CT molecular complexity index is 1200. The van der Waals surface area contributed by atoms with Gasteiger partial charge in [-0.05, 0) is 55.2 Å². The number of carboxylic acids is 1. The highest BCUT2D eigenvalue weighted by Crippen LogP contribution is 2.25. The van der Waals surface area contributed by atoms with Crippen LogP contribution < -0.4 is 0 Å². The van der Waals surface area contributed by atoms with Crippen molar-refractivity contribution in [1.29, 1.82) is 0 Å². The number of unbranched alkanes of at least 4 members (excludes halogenated alkanes) is 10. The summed E-state index contributed by atoms with van der Waals surface area (Å²) in [7, 11) is 0. The summed E-state index contributed by atoms with van der Waals surface area (Å²) in [4.78, 5) is 28.0. The summed E-state index contributed by atoms with van der Waals surface area (Å²) in [6.07, 6.45) is 16.5. The smallest absolute Gasteiger partial charge is 0.339 e. The number of carboxylic acid groups (broad SMARTS) is 1. The lowest BCUT2D eigenvalue weighted by atomic mass is 9.99. The first kappa shape index (κ1) is 33.6. The lowest BCUT2D eigenvalue weighted by Crippen LogP contribution is -2.13. The molecule has 1 aromatic heterocycles. The predicted octanol–water partition coefficient (Wildman–Crippen LogP) is 10.3. The van der Waals surface area contributed by atoms with E-state index < -0.39 is 11.9 Å². The van der Waals surface area contributed by atoms with Gasteiger partial charge in [-0.2, -0.15) is 0 Å². The highest BCUT2D eigenvalue weighted by atomic mass is 35.5. The maximum Gasteiger partial charge on any atom is 0.339 e. The van der Waals surface area contributed by atoms with E-state index in [-0.39, 0.29) is 11.1 Å². The first-order chi connectivity index (χ1) is 19.4. The molecule has 0 radical (unpaired) electrons. The molecule has 2 aromatic carbocycles. The Balaban J connectivity index is 0.000000382. The first-order valence-electron chi connectivity index (χ1n) is 14.6. The lowest BCUT2D eigenvalue weighted by Gasteiger charge is -2.10. The van der Waals surface area contributed by atoms with Gasteiger partial charge in [0.25, 0.3) is 0 Å². The highest BCUT2D eigenvalue weighted by Gasteiger charge is 2.18. The molecule has 1 heterocycles. The van der Waals surface area contributed by atoms with E-state index >= 15 is 0 Å². The lowest BCUT2D eigenvalue weighted by molar-refractivity contribution is 0.0487. The number of halogens is 2. The van der Waals surface area contributed by atoms with Crippen molar-refractivity contribution in [3.8, 4) is 0 Å². The average Bonchev–Trinajstić information content (AvgIpc) is 2.94. The molecule has 0 atom stereocenters. The van der Waals surface area contributed by atoms with Crippen LogP contribution in [0.3, 0.4) is 0 Å². The van der Waals surface area contributed by atoms with Crippen LogP contribution >= 0.6 is 23.2 Å². The van der Waals surface area contributed by atoms with Crippen molar-refractivity contribution in [2.24, 2.45) is 0 Å². The number of carbonyl (C=O) groups excluding carboxylic acids is 1. The van der Waals surface area contributed by atoms with Crippen molar-refractivity contribution in [2.45, 2.75) is 97.3 Å². The van der Waals surface area contributed by atoms with Crippen LogP contribution in [0.15, 0.2) is 48.7 Å². The van der Waals surface area contributed by atoms with E-state index in [1.165, 1.54) is 57.4 Å². The zero-order valence-corrected chi connectivity index (χ0v) is 25.4. The summed E-state index contributed by atoms with van der Waals surface area (Å²) < 4.78 is 5.35. The molecule has 0 saturated heterocycles. The number of rotatable bonds is 16. The molecule has 0 unspecified atom stereocenters. The van der Waals surface area contributed by atoms with Gasteiger partial charge < -0.3 is 9.84 Å². The molecule has 0 bridgehead atoms. The van der Waals surface area contributed by atoms with Crippen LogP contribution in [0.25, 0.3) is 10.9 Å². The van der Waals surface area contributed by atoms with E-state index in [4.69, 9.17) is 27.9 Å². The van der Waals surface area contributed by atoms with Gasteiger partial charge in [0.05, 0.1) is 28.3 Å². The SMILES string of the molecule is CCCCCCCCOC(=O)c1cc(CCCCCCCC)ccc1C(=O)O.Clc1cc(Cl)c2ncccc2c1. The number of benzene rings is 2. The number of pyridine rings is 1. The van der Waals surface area contributed by atoms with Crippen LogP contribution in [0.4, 0.5) is 0 Å². The molecular formula is C33H43Cl2NO4. The van der Waals surface area contributed by atoms with Gasteiger partial charge in [0, 0.05) is 16.6 Å². The third-order valence-electron chi connectivity index (χ3n) is 6.71. The Morgan fingerprint density at radius 2 is 1.45 bits per heavy atom. The largest absolute Gasteiger partial charge is 0.478 e. The van der Waals surface area contributed by atoms with E-state index in [1.807, 2.05) is 24.3 Å². The number of nitrogens with zero attached hydrogens (tertiary/aromatic N) is 1. The van der Waals surface area contributed by atoms with Crippen LogP contribution in [0.5, 0.6) is 0 Å². The molecule has 0 spiro atoms. The number of aromatic nitrogens is 1. The molecule has 40 heavy (non-hydrogen) atoms. The summed E-state index contributed by atoms with van der Waals surface area (Å²) in [5.74, 6) is -1.60. The zero-order chi connectivity index (χ0) is 29.2. The predicted molar refractivity (Wildman–Crippen MR) is 166 cm³/mol. The molecule has 7 heteroatoms. The minimum Gasteiger partial charge on any atom is -0.478 e. The monoisotopic (exact) mass is 587 g/mol. The first-order valence-corrected chi connectivity index (χ1v) is 15.4. The van der Waals surface area contributed by atoms with Crippen LogP contribution in [0.1, 0.15) is 117 Å². The summed E-state index contributed by atoms with van der Waals surface area (Å²) in [6, 6.07) is 12.4.